The zero-order valence-electron chi connectivity index (χ0n) is 11.5. The number of hydrogen-bond acceptors (Lipinski definition) is 7. The Morgan fingerprint density at radius 1 is 1.30 bits per heavy atom. The predicted octanol–water partition coefficient (Wildman–Crippen LogP) is 0.954. The topological polar surface area (TPSA) is 86.8 Å². The molecule has 7 heteroatoms. The van der Waals surface area contributed by atoms with E-state index in [1.165, 1.54) is 21.0 Å². The number of carbonyl (C=O) groups is 2. The summed E-state index contributed by atoms with van der Waals surface area (Å²) in [4.78, 5) is 27.6. The first kappa shape index (κ1) is 14.1. The smallest absolute Gasteiger partial charge is 0.325 e. The average Bonchev–Trinajstić information content (AvgIpc) is 2.36. The van der Waals surface area contributed by atoms with E-state index in [1.807, 2.05) is 0 Å². The van der Waals surface area contributed by atoms with Gasteiger partial charge in [0.1, 0.15) is 5.82 Å². The number of methoxy groups -OCH3 is 1. The molecule has 1 aliphatic heterocycles. The SMILES string of the molecule is COc1cccc(NCC2C(=O)OC(C)(C)OC2=O)n1. The van der Waals surface area contributed by atoms with Crippen molar-refractivity contribution in [2.24, 2.45) is 5.92 Å². The van der Waals surface area contributed by atoms with Crippen LogP contribution >= 0.6 is 0 Å². The predicted molar refractivity (Wildman–Crippen MR) is 69.0 cm³/mol. The molecule has 0 amide bonds. The Kier molecular flexibility index (Phi) is 3.78. The minimum absolute atomic E-state index is 0.0495. The Morgan fingerprint density at radius 2 is 1.95 bits per heavy atom. The van der Waals surface area contributed by atoms with E-state index in [0.717, 1.165) is 0 Å². The maximum Gasteiger partial charge on any atom is 0.325 e. The monoisotopic (exact) mass is 280 g/mol. The van der Waals surface area contributed by atoms with Gasteiger partial charge in [0.05, 0.1) is 7.11 Å². The van der Waals surface area contributed by atoms with Gasteiger partial charge in [-0.3, -0.25) is 9.59 Å². The number of esters is 2. The first-order valence-corrected chi connectivity index (χ1v) is 6.12. The minimum atomic E-state index is -1.21. The van der Waals surface area contributed by atoms with Crippen molar-refractivity contribution in [3.63, 3.8) is 0 Å². The molecule has 0 radical (unpaired) electrons. The van der Waals surface area contributed by atoms with Crippen LogP contribution in [-0.2, 0) is 19.1 Å². The lowest BCUT2D eigenvalue weighted by atomic mass is 10.1. The highest BCUT2D eigenvalue weighted by Gasteiger charge is 2.43. The third kappa shape index (κ3) is 3.17. The fourth-order valence-corrected chi connectivity index (χ4v) is 1.74. The molecule has 1 saturated heterocycles. The molecule has 20 heavy (non-hydrogen) atoms. The fraction of sp³-hybridized carbons (Fsp3) is 0.462. The Morgan fingerprint density at radius 3 is 2.55 bits per heavy atom. The van der Waals surface area contributed by atoms with Crippen LogP contribution in [0.4, 0.5) is 5.82 Å². The summed E-state index contributed by atoms with van der Waals surface area (Å²) in [6, 6.07) is 5.14. The minimum Gasteiger partial charge on any atom is -0.481 e. The van der Waals surface area contributed by atoms with Gasteiger partial charge in [-0.15, -0.1) is 0 Å². The summed E-state index contributed by atoms with van der Waals surface area (Å²) >= 11 is 0. The second-order valence-electron chi connectivity index (χ2n) is 4.74. The maximum absolute atomic E-state index is 11.8. The van der Waals surface area contributed by atoms with Gasteiger partial charge in [-0.25, -0.2) is 0 Å². The van der Waals surface area contributed by atoms with E-state index in [-0.39, 0.29) is 6.54 Å². The van der Waals surface area contributed by atoms with Crippen LogP contribution in [-0.4, -0.2) is 36.4 Å². The van der Waals surface area contributed by atoms with Crippen molar-refractivity contribution in [3.05, 3.63) is 18.2 Å². The lowest BCUT2D eigenvalue weighted by Crippen LogP contribution is -2.48. The number of nitrogens with one attached hydrogen (secondary N) is 1. The summed E-state index contributed by atoms with van der Waals surface area (Å²) in [5.74, 6) is -2.50. The number of hydrogen-bond donors (Lipinski definition) is 1. The number of aromatic nitrogens is 1. The zero-order chi connectivity index (χ0) is 14.8. The number of pyridine rings is 1. The van der Waals surface area contributed by atoms with Crippen LogP contribution in [0.15, 0.2) is 18.2 Å². The number of ether oxygens (including phenoxy) is 3. The molecule has 1 aromatic heterocycles. The highest BCUT2D eigenvalue weighted by atomic mass is 16.7. The van der Waals surface area contributed by atoms with E-state index in [9.17, 15) is 9.59 Å². The van der Waals surface area contributed by atoms with Crippen molar-refractivity contribution >= 4 is 17.8 Å². The van der Waals surface area contributed by atoms with Crippen LogP contribution in [0, 0.1) is 5.92 Å². The van der Waals surface area contributed by atoms with Gasteiger partial charge in [-0.05, 0) is 6.07 Å². The summed E-state index contributed by atoms with van der Waals surface area (Å²) in [6.07, 6.45) is 0. The molecular formula is C13H16N2O5. The second-order valence-corrected chi connectivity index (χ2v) is 4.74. The summed E-state index contributed by atoms with van der Waals surface area (Å²) < 4.78 is 15.0. The van der Waals surface area contributed by atoms with E-state index in [0.29, 0.717) is 11.7 Å². The molecule has 0 aliphatic carbocycles. The number of cyclic esters (lactones) is 2. The zero-order valence-corrected chi connectivity index (χ0v) is 11.5. The fourth-order valence-electron chi connectivity index (χ4n) is 1.74. The van der Waals surface area contributed by atoms with Crippen LogP contribution in [0.5, 0.6) is 5.88 Å². The van der Waals surface area contributed by atoms with Gasteiger partial charge in [0, 0.05) is 26.5 Å². The first-order valence-electron chi connectivity index (χ1n) is 6.12. The van der Waals surface area contributed by atoms with Crippen molar-refractivity contribution in [1.29, 1.82) is 0 Å². The van der Waals surface area contributed by atoms with Crippen LogP contribution in [0.25, 0.3) is 0 Å². The van der Waals surface area contributed by atoms with E-state index < -0.39 is 23.6 Å². The van der Waals surface area contributed by atoms with E-state index >= 15 is 0 Å². The van der Waals surface area contributed by atoms with E-state index in [2.05, 4.69) is 10.3 Å². The van der Waals surface area contributed by atoms with E-state index in [1.54, 1.807) is 18.2 Å². The summed E-state index contributed by atoms with van der Waals surface area (Å²) in [5, 5.41) is 2.88. The van der Waals surface area contributed by atoms with Gasteiger partial charge in [0.15, 0.2) is 5.92 Å². The number of anilines is 1. The van der Waals surface area contributed by atoms with Gasteiger partial charge >= 0.3 is 11.9 Å². The first-order chi connectivity index (χ1) is 9.41. The van der Waals surface area contributed by atoms with Crippen molar-refractivity contribution in [1.82, 2.24) is 4.98 Å². The summed E-state index contributed by atoms with van der Waals surface area (Å²) in [7, 11) is 1.50. The largest absolute Gasteiger partial charge is 0.481 e. The van der Waals surface area contributed by atoms with Gasteiger partial charge in [-0.1, -0.05) is 6.07 Å². The average molecular weight is 280 g/mol. The summed E-state index contributed by atoms with van der Waals surface area (Å²) in [6.45, 7) is 3.07. The molecular weight excluding hydrogens is 264 g/mol. The van der Waals surface area contributed by atoms with Gasteiger partial charge < -0.3 is 19.5 Å². The maximum atomic E-state index is 11.8. The molecule has 0 bridgehead atoms. The number of carbonyl (C=O) groups excluding carboxylic acids is 2. The molecule has 1 aromatic rings. The molecule has 2 heterocycles. The van der Waals surface area contributed by atoms with Gasteiger partial charge in [-0.2, -0.15) is 4.98 Å². The Labute approximate surface area is 116 Å². The van der Waals surface area contributed by atoms with Crippen LogP contribution in [0.1, 0.15) is 13.8 Å². The number of rotatable bonds is 4. The van der Waals surface area contributed by atoms with E-state index in [4.69, 9.17) is 14.2 Å². The molecule has 1 aliphatic rings. The molecule has 2 rings (SSSR count). The molecule has 1 fully saturated rings. The third-order valence-electron chi connectivity index (χ3n) is 2.68. The number of nitrogens with zero attached hydrogens (tertiary/aromatic N) is 1. The van der Waals surface area contributed by atoms with Crippen LogP contribution < -0.4 is 10.1 Å². The molecule has 0 atom stereocenters. The van der Waals surface area contributed by atoms with Crippen molar-refractivity contribution < 1.29 is 23.8 Å². The molecule has 0 saturated carbocycles. The third-order valence-corrected chi connectivity index (χ3v) is 2.68. The normalized spacial score (nSPS) is 18.1. The Bertz CT molecular complexity index is 509. The molecule has 108 valence electrons. The quantitative estimate of drug-likeness (QED) is 0.649. The molecule has 0 aromatic carbocycles. The molecule has 0 unspecified atom stereocenters. The Hall–Kier alpha value is -2.31. The van der Waals surface area contributed by atoms with Crippen molar-refractivity contribution in [3.8, 4) is 5.88 Å². The van der Waals surface area contributed by atoms with Crippen molar-refractivity contribution in [2.45, 2.75) is 19.6 Å². The summed E-state index contributed by atoms with van der Waals surface area (Å²) in [5.41, 5.74) is 0. The standard InChI is InChI=1S/C13H16N2O5/c1-13(2)19-11(16)8(12(17)20-13)7-14-9-5-4-6-10(15-9)18-3/h4-6,8H,7H2,1-3H3,(H,14,15). The van der Waals surface area contributed by atoms with Gasteiger partial charge in [0.2, 0.25) is 5.88 Å². The lowest BCUT2D eigenvalue weighted by molar-refractivity contribution is -0.239. The molecule has 7 nitrogen and oxygen atoms in total. The van der Waals surface area contributed by atoms with Crippen LogP contribution in [0.3, 0.4) is 0 Å². The highest BCUT2D eigenvalue weighted by Crippen LogP contribution is 2.23. The lowest BCUT2D eigenvalue weighted by Gasteiger charge is -2.32. The Balaban J connectivity index is 2.00. The van der Waals surface area contributed by atoms with Crippen molar-refractivity contribution in [2.75, 3.05) is 19.0 Å². The second kappa shape index (κ2) is 5.36. The van der Waals surface area contributed by atoms with Gasteiger partial charge in [0.25, 0.3) is 5.79 Å². The molecule has 0 spiro atoms. The molecule has 1 N–H and O–H groups in total. The highest BCUT2D eigenvalue weighted by molar-refractivity contribution is 5.97. The van der Waals surface area contributed by atoms with Crippen LogP contribution in [0.2, 0.25) is 0 Å².